The summed E-state index contributed by atoms with van der Waals surface area (Å²) in [5.41, 5.74) is 0. The molecule has 0 fully saturated rings. The lowest BCUT2D eigenvalue weighted by atomic mass is 9.91. The first-order valence-electron chi connectivity index (χ1n) is 6.29. The van der Waals surface area contributed by atoms with E-state index in [0.29, 0.717) is 11.8 Å². The molecule has 0 aromatic rings. The highest BCUT2D eigenvalue weighted by Crippen LogP contribution is 2.32. The fraction of sp³-hybridized carbons (Fsp3) is 1.00. The molecule has 0 saturated carbocycles. The van der Waals surface area contributed by atoms with E-state index >= 15 is 0 Å². The van der Waals surface area contributed by atoms with Crippen LogP contribution in [-0.4, -0.2) is 19.0 Å². The topological polar surface area (TPSA) is 18.5 Å². The summed E-state index contributed by atoms with van der Waals surface area (Å²) < 4.78 is 12.0. The van der Waals surface area contributed by atoms with Gasteiger partial charge in [-0.2, -0.15) is 0 Å². The lowest BCUT2D eigenvalue weighted by Crippen LogP contribution is -2.46. The standard InChI is InChI=1S/C13H28O2/c1-7-9-14-13(11(3)4,12(5)6)15-10-8-2/h11-12H,7-10H2,1-6H3. The van der Waals surface area contributed by atoms with Crippen molar-refractivity contribution in [3.63, 3.8) is 0 Å². The van der Waals surface area contributed by atoms with Gasteiger partial charge in [0.1, 0.15) is 0 Å². The van der Waals surface area contributed by atoms with Gasteiger partial charge in [0.2, 0.25) is 0 Å². The van der Waals surface area contributed by atoms with Crippen molar-refractivity contribution in [3.05, 3.63) is 0 Å². The molecule has 0 saturated heterocycles. The molecule has 0 aromatic heterocycles. The molecule has 0 bridgehead atoms. The van der Waals surface area contributed by atoms with E-state index in [1.807, 2.05) is 0 Å². The lowest BCUT2D eigenvalue weighted by molar-refractivity contribution is -0.285. The van der Waals surface area contributed by atoms with Gasteiger partial charge in [0, 0.05) is 25.0 Å². The molecule has 0 rings (SSSR count). The second-order valence-electron chi connectivity index (χ2n) is 4.73. The second kappa shape index (κ2) is 7.24. The number of hydrogen-bond acceptors (Lipinski definition) is 2. The number of ether oxygens (including phenoxy) is 2. The van der Waals surface area contributed by atoms with Crippen LogP contribution in [0, 0.1) is 11.8 Å². The minimum absolute atomic E-state index is 0.385. The molecule has 0 N–H and O–H groups in total. The van der Waals surface area contributed by atoms with Crippen molar-refractivity contribution >= 4 is 0 Å². The van der Waals surface area contributed by atoms with Crippen molar-refractivity contribution in [1.82, 2.24) is 0 Å². The zero-order valence-corrected chi connectivity index (χ0v) is 11.3. The Kier molecular flexibility index (Phi) is 7.20. The Labute approximate surface area is 95.3 Å². The van der Waals surface area contributed by atoms with Gasteiger partial charge in [0.25, 0.3) is 0 Å². The van der Waals surface area contributed by atoms with Gasteiger partial charge in [-0.1, -0.05) is 41.5 Å². The predicted octanol–water partition coefficient (Wildman–Crippen LogP) is 3.85. The van der Waals surface area contributed by atoms with Crippen LogP contribution in [0.4, 0.5) is 0 Å². The molecule has 0 spiro atoms. The van der Waals surface area contributed by atoms with E-state index in [1.54, 1.807) is 0 Å². The largest absolute Gasteiger partial charge is 0.349 e. The average Bonchev–Trinajstić information content (AvgIpc) is 2.17. The van der Waals surface area contributed by atoms with Gasteiger partial charge in [-0.25, -0.2) is 0 Å². The van der Waals surface area contributed by atoms with Gasteiger partial charge in [0.15, 0.2) is 5.79 Å². The van der Waals surface area contributed by atoms with Gasteiger partial charge < -0.3 is 9.47 Å². The molecule has 2 heteroatoms. The summed E-state index contributed by atoms with van der Waals surface area (Å²) in [6.07, 6.45) is 2.08. The Hall–Kier alpha value is -0.0800. The maximum absolute atomic E-state index is 5.98. The molecule has 0 aliphatic carbocycles. The molecule has 0 unspecified atom stereocenters. The second-order valence-corrected chi connectivity index (χ2v) is 4.73. The summed E-state index contributed by atoms with van der Waals surface area (Å²) in [4.78, 5) is 0. The molecule has 0 radical (unpaired) electrons. The van der Waals surface area contributed by atoms with Crippen molar-refractivity contribution in [2.75, 3.05) is 13.2 Å². The highest BCUT2D eigenvalue weighted by molar-refractivity contribution is 4.78. The fourth-order valence-electron chi connectivity index (χ4n) is 1.90. The van der Waals surface area contributed by atoms with E-state index in [9.17, 15) is 0 Å². The van der Waals surface area contributed by atoms with Crippen molar-refractivity contribution in [3.8, 4) is 0 Å². The average molecular weight is 216 g/mol. The first kappa shape index (κ1) is 14.9. The Bertz CT molecular complexity index is 135. The quantitative estimate of drug-likeness (QED) is 0.574. The fourth-order valence-corrected chi connectivity index (χ4v) is 1.90. The van der Waals surface area contributed by atoms with Gasteiger partial charge >= 0.3 is 0 Å². The highest BCUT2D eigenvalue weighted by Gasteiger charge is 2.39. The Morgan fingerprint density at radius 3 is 1.33 bits per heavy atom. The van der Waals surface area contributed by atoms with Crippen molar-refractivity contribution < 1.29 is 9.47 Å². The third-order valence-corrected chi connectivity index (χ3v) is 2.67. The molecule has 2 nitrogen and oxygen atoms in total. The Morgan fingerprint density at radius 2 is 1.13 bits per heavy atom. The molecule has 0 aromatic carbocycles. The summed E-state index contributed by atoms with van der Waals surface area (Å²) in [7, 11) is 0. The normalized spacial score (nSPS) is 12.8. The molecule has 15 heavy (non-hydrogen) atoms. The maximum Gasteiger partial charge on any atom is 0.172 e. The van der Waals surface area contributed by atoms with Crippen molar-refractivity contribution in [2.24, 2.45) is 11.8 Å². The molecular formula is C13H28O2. The number of hydrogen-bond donors (Lipinski definition) is 0. The van der Waals surface area contributed by atoms with Crippen LogP contribution in [-0.2, 0) is 9.47 Å². The Morgan fingerprint density at radius 1 is 0.800 bits per heavy atom. The molecule has 0 aliphatic rings. The predicted molar refractivity (Wildman–Crippen MR) is 64.9 cm³/mol. The SMILES string of the molecule is CCCOC(OCCC)(C(C)C)C(C)C. The van der Waals surface area contributed by atoms with Crippen LogP contribution in [0.25, 0.3) is 0 Å². The van der Waals surface area contributed by atoms with Crippen LogP contribution in [0.3, 0.4) is 0 Å². The zero-order chi connectivity index (χ0) is 11.9. The van der Waals surface area contributed by atoms with Crippen LogP contribution in [0.2, 0.25) is 0 Å². The van der Waals surface area contributed by atoms with E-state index < -0.39 is 5.79 Å². The van der Waals surface area contributed by atoms with E-state index in [2.05, 4.69) is 41.5 Å². The first-order valence-corrected chi connectivity index (χ1v) is 6.29. The summed E-state index contributed by atoms with van der Waals surface area (Å²) in [6, 6.07) is 0. The zero-order valence-electron chi connectivity index (χ0n) is 11.3. The third-order valence-electron chi connectivity index (χ3n) is 2.67. The highest BCUT2D eigenvalue weighted by atomic mass is 16.7. The lowest BCUT2D eigenvalue weighted by Gasteiger charge is -2.40. The van der Waals surface area contributed by atoms with E-state index in [-0.39, 0.29) is 0 Å². The number of rotatable bonds is 8. The third kappa shape index (κ3) is 4.12. The Balaban J connectivity index is 4.57. The van der Waals surface area contributed by atoms with Gasteiger partial charge in [-0.15, -0.1) is 0 Å². The molecule has 92 valence electrons. The molecular weight excluding hydrogens is 188 g/mol. The first-order chi connectivity index (χ1) is 7.01. The maximum atomic E-state index is 5.98. The van der Waals surface area contributed by atoms with E-state index in [0.717, 1.165) is 26.1 Å². The van der Waals surface area contributed by atoms with E-state index in [1.165, 1.54) is 0 Å². The van der Waals surface area contributed by atoms with Gasteiger partial charge in [-0.3, -0.25) is 0 Å². The summed E-state index contributed by atoms with van der Waals surface area (Å²) in [5, 5.41) is 0. The van der Waals surface area contributed by atoms with Crippen molar-refractivity contribution in [2.45, 2.75) is 60.2 Å². The summed E-state index contributed by atoms with van der Waals surface area (Å²) in [5.74, 6) is 0.373. The van der Waals surface area contributed by atoms with Gasteiger partial charge in [0.05, 0.1) is 0 Å². The van der Waals surface area contributed by atoms with E-state index in [4.69, 9.17) is 9.47 Å². The van der Waals surface area contributed by atoms with Gasteiger partial charge in [-0.05, 0) is 12.8 Å². The van der Waals surface area contributed by atoms with Crippen LogP contribution in [0.5, 0.6) is 0 Å². The van der Waals surface area contributed by atoms with Crippen molar-refractivity contribution in [1.29, 1.82) is 0 Å². The van der Waals surface area contributed by atoms with Crippen LogP contribution < -0.4 is 0 Å². The molecule has 0 atom stereocenters. The molecule has 0 heterocycles. The minimum atomic E-state index is -0.397. The van der Waals surface area contributed by atoms with Crippen LogP contribution >= 0.6 is 0 Å². The smallest absolute Gasteiger partial charge is 0.172 e. The van der Waals surface area contributed by atoms with Crippen LogP contribution in [0.1, 0.15) is 54.4 Å². The van der Waals surface area contributed by atoms with Crippen LogP contribution in [0.15, 0.2) is 0 Å². The molecule has 0 amide bonds. The molecule has 0 aliphatic heterocycles. The minimum Gasteiger partial charge on any atom is -0.349 e. The summed E-state index contributed by atoms with van der Waals surface area (Å²) in [6.45, 7) is 14.5. The monoisotopic (exact) mass is 216 g/mol. The summed E-state index contributed by atoms with van der Waals surface area (Å²) >= 11 is 0.